The van der Waals surface area contributed by atoms with Gasteiger partial charge in [-0.05, 0) is 19.4 Å². The topological polar surface area (TPSA) is 102 Å². The van der Waals surface area contributed by atoms with E-state index in [0.717, 1.165) is 6.08 Å². The lowest BCUT2D eigenvalue weighted by Gasteiger charge is -2.09. The van der Waals surface area contributed by atoms with Crippen LogP contribution in [0.5, 0.6) is 0 Å². The summed E-state index contributed by atoms with van der Waals surface area (Å²) in [6.45, 7) is 1.39. The first-order valence-corrected chi connectivity index (χ1v) is 8.71. The van der Waals surface area contributed by atoms with Gasteiger partial charge in [-0.15, -0.1) is 0 Å². The monoisotopic (exact) mass is 343 g/mol. The molecular formula is C13H14ClN3O4S. The number of hydrogen-bond donors (Lipinski definition) is 0. The van der Waals surface area contributed by atoms with Crippen LogP contribution >= 0.6 is 11.6 Å². The highest BCUT2D eigenvalue weighted by molar-refractivity contribution is 7.91. The summed E-state index contributed by atoms with van der Waals surface area (Å²) in [7, 11) is -3.04. The van der Waals surface area contributed by atoms with Crippen LogP contribution in [-0.2, 0) is 19.4 Å². The van der Waals surface area contributed by atoms with Gasteiger partial charge in [0.1, 0.15) is 11.2 Å². The Hall–Kier alpha value is -1.85. The van der Waals surface area contributed by atoms with Crippen molar-refractivity contribution in [2.45, 2.75) is 19.4 Å². The largest absolute Gasteiger partial charge is 0.447 e. The van der Waals surface area contributed by atoms with Crippen LogP contribution in [0.3, 0.4) is 0 Å². The van der Waals surface area contributed by atoms with Gasteiger partial charge in [-0.3, -0.25) is 0 Å². The van der Waals surface area contributed by atoms with Crippen molar-refractivity contribution in [1.29, 1.82) is 5.26 Å². The SMILES string of the molecule is Cc1nn([C@H]2CCS(=O)(=O)C2)c(Cl)c1/C=C/C(=O)OCC#N. The third kappa shape index (κ3) is 3.67. The zero-order valence-electron chi connectivity index (χ0n) is 11.8. The summed E-state index contributed by atoms with van der Waals surface area (Å²) < 4.78 is 29.2. The van der Waals surface area contributed by atoms with Crippen LogP contribution in [0.4, 0.5) is 0 Å². The van der Waals surface area contributed by atoms with E-state index in [4.69, 9.17) is 16.9 Å². The highest BCUT2D eigenvalue weighted by Gasteiger charge is 2.31. The number of carbonyl (C=O) groups is 1. The van der Waals surface area contributed by atoms with Crippen molar-refractivity contribution in [3.05, 3.63) is 22.5 Å². The standard InChI is InChI=1S/C13H14ClN3O4S/c1-9-11(2-3-12(18)21-6-5-15)13(14)17(16-9)10-4-7-22(19,20)8-10/h2-3,10H,4,6-8H2,1H3/b3-2+/t10-/m0/s1. The van der Waals surface area contributed by atoms with Gasteiger partial charge in [0, 0.05) is 11.6 Å². The number of ether oxygens (including phenoxy) is 1. The molecule has 0 unspecified atom stereocenters. The molecule has 7 nitrogen and oxygen atoms in total. The fourth-order valence-electron chi connectivity index (χ4n) is 2.23. The first-order chi connectivity index (χ1) is 10.3. The smallest absolute Gasteiger partial charge is 0.331 e. The van der Waals surface area contributed by atoms with E-state index in [2.05, 4.69) is 9.84 Å². The molecule has 0 radical (unpaired) electrons. The molecule has 1 saturated heterocycles. The molecule has 0 aromatic carbocycles. The van der Waals surface area contributed by atoms with Gasteiger partial charge >= 0.3 is 5.97 Å². The van der Waals surface area contributed by atoms with E-state index in [9.17, 15) is 13.2 Å². The van der Waals surface area contributed by atoms with E-state index in [1.54, 1.807) is 13.0 Å². The Morgan fingerprint density at radius 3 is 2.95 bits per heavy atom. The molecule has 0 saturated carbocycles. The van der Waals surface area contributed by atoms with Crippen molar-refractivity contribution in [2.75, 3.05) is 18.1 Å². The fraction of sp³-hybridized carbons (Fsp3) is 0.462. The Morgan fingerprint density at radius 1 is 1.64 bits per heavy atom. The van der Waals surface area contributed by atoms with Crippen molar-refractivity contribution in [2.24, 2.45) is 0 Å². The Kier molecular flexibility index (Phi) is 4.88. The molecule has 1 aliphatic heterocycles. The number of sulfone groups is 1. The summed E-state index contributed by atoms with van der Waals surface area (Å²) in [5, 5.41) is 12.9. The molecule has 1 atom stereocenters. The number of esters is 1. The van der Waals surface area contributed by atoms with Gasteiger partial charge in [-0.2, -0.15) is 10.4 Å². The highest BCUT2D eigenvalue weighted by atomic mass is 35.5. The van der Waals surface area contributed by atoms with E-state index < -0.39 is 15.8 Å². The van der Waals surface area contributed by atoms with Crippen molar-refractivity contribution in [1.82, 2.24) is 9.78 Å². The Labute approximate surface area is 133 Å². The number of nitriles is 1. The quantitative estimate of drug-likeness (QED) is 0.603. The lowest BCUT2D eigenvalue weighted by Crippen LogP contribution is -2.12. The van der Waals surface area contributed by atoms with Crippen molar-refractivity contribution in [3.8, 4) is 6.07 Å². The molecule has 0 spiro atoms. The molecule has 1 aromatic heterocycles. The normalized spacial score (nSPS) is 20.1. The number of hydrogen-bond acceptors (Lipinski definition) is 6. The van der Waals surface area contributed by atoms with E-state index in [-0.39, 0.29) is 29.3 Å². The van der Waals surface area contributed by atoms with E-state index in [0.29, 0.717) is 17.7 Å². The van der Waals surface area contributed by atoms with Crippen LogP contribution in [0.2, 0.25) is 5.15 Å². The molecule has 0 N–H and O–H groups in total. The maximum atomic E-state index is 11.5. The van der Waals surface area contributed by atoms with Gasteiger partial charge in [-0.25, -0.2) is 17.9 Å². The highest BCUT2D eigenvalue weighted by Crippen LogP contribution is 2.30. The molecular weight excluding hydrogens is 330 g/mol. The van der Waals surface area contributed by atoms with Crippen LogP contribution in [0.25, 0.3) is 6.08 Å². The molecule has 0 bridgehead atoms. The minimum Gasteiger partial charge on any atom is -0.447 e. The second kappa shape index (κ2) is 6.50. The zero-order chi connectivity index (χ0) is 16.3. The molecule has 0 amide bonds. The summed E-state index contributed by atoms with van der Waals surface area (Å²) >= 11 is 6.24. The first-order valence-electron chi connectivity index (χ1n) is 6.51. The molecule has 0 aliphatic carbocycles. The summed E-state index contributed by atoms with van der Waals surface area (Å²) in [6.07, 6.45) is 3.07. The maximum absolute atomic E-state index is 11.5. The molecule has 1 aliphatic rings. The lowest BCUT2D eigenvalue weighted by atomic mass is 10.2. The Morgan fingerprint density at radius 2 is 2.36 bits per heavy atom. The van der Waals surface area contributed by atoms with Gasteiger partial charge in [0.2, 0.25) is 0 Å². The third-order valence-corrected chi connectivity index (χ3v) is 5.42. The van der Waals surface area contributed by atoms with Crippen molar-refractivity contribution >= 4 is 33.5 Å². The van der Waals surface area contributed by atoms with Crippen molar-refractivity contribution < 1.29 is 17.9 Å². The predicted molar refractivity (Wildman–Crippen MR) is 79.9 cm³/mol. The van der Waals surface area contributed by atoms with Crippen molar-refractivity contribution in [3.63, 3.8) is 0 Å². The number of aromatic nitrogens is 2. The summed E-state index contributed by atoms with van der Waals surface area (Å²) in [6, 6.07) is 1.40. The molecule has 2 rings (SSSR count). The Balaban J connectivity index is 2.20. The third-order valence-electron chi connectivity index (χ3n) is 3.29. The summed E-state index contributed by atoms with van der Waals surface area (Å²) in [5.74, 6) is -0.520. The van der Waals surface area contributed by atoms with Gasteiger partial charge in [-0.1, -0.05) is 11.6 Å². The molecule has 118 valence electrons. The summed E-state index contributed by atoms with van der Waals surface area (Å²) in [5.41, 5.74) is 1.11. The minimum absolute atomic E-state index is 0.0151. The molecule has 2 heterocycles. The molecule has 22 heavy (non-hydrogen) atoms. The number of nitrogens with zero attached hydrogens (tertiary/aromatic N) is 3. The number of aryl methyl sites for hydroxylation is 1. The van der Waals surface area contributed by atoms with Crippen LogP contribution in [0.1, 0.15) is 23.7 Å². The van der Waals surface area contributed by atoms with Gasteiger partial charge in [0.25, 0.3) is 0 Å². The molecule has 9 heteroatoms. The average molecular weight is 344 g/mol. The van der Waals surface area contributed by atoms with Crippen LogP contribution < -0.4 is 0 Å². The maximum Gasteiger partial charge on any atom is 0.331 e. The summed E-state index contributed by atoms with van der Waals surface area (Å²) in [4.78, 5) is 11.3. The molecule has 1 aromatic rings. The van der Waals surface area contributed by atoms with E-state index in [1.165, 1.54) is 10.8 Å². The Bertz CT molecular complexity index is 761. The number of rotatable bonds is 4. The van der Waals surface area contributed by atoms with E-state index >= 15 is 0 Å². The van der Waals surface area contributed by atoms with Crippen LogP contribution in [0, 0.1) is 18.3 Å². The van der Waals surface area contributed by atoms with Gasteiger partial charge in [0.05, 0.1) is 23.2 Å². The van der Waals surface area contributed by atoms with Crippen LogP contribution in [0.15, 0.2) is 6.08 Å². The van der Waals surface area contributed by atoms with Crippen LogP contribution in [-0.4, -0.2) is 42.3 Å². The van der Waals surface area contributed by atoms with Gasteiger partial charge < -0.3 is 4.74 Å². The predicted octanol–water partition coefficient (Wildman–Crippen LogP) is 1.28. The average Bonchev–Trinajstić information content (AvgIpc) is 2.94. The minimum atomic E-state index is -3.04. The second-order valence-corrected chi connectivity index (χ2v) is 7.48. The lowest BCUT2D eigenvalue weighted by molar-refractivity contribution is -0.136. The second-order valence-electron chi connectivity index (χ2n) is 4.89. The molecule has 1 fully saturated rings. The number of carbonyl (C=O) groups excluding carboxylic acids is 1. The van der Waals surface area contributed by atoms with Gasteiger partial charge in [0.15, 0.2) is 16.4 Å². The fourth-order valence-corrected chi connectivity index (χ4v) is 4.30. The first kappa shape index (κ1) is 16.5. The number of halogens is 1. The zero-order valence-corrected chi connectivity index (χ0v) is 13.4. The van der Waals surface area contributed by atoms with E-state index in [1.807, 2.05) is 0 Å².